The predicted octanol–water partition coefficient (Wildman–Crippen LogP) is 3.85. The van der Waals surface area contributed by atoms with Crippen LogP contribution in [0.5, 0.6) is 0 Å². The van der Waals surface area contributed by atoms with Crippen molar-refractivity contribution in [2.75, 3.05) is 5.73 Å². The fraction of sp³-hybridized carbons (Fsp3) is 0.143. The number of fused-ring (bicyclic) bond motifs is 1. The summed E-state index contributed by atoms with van der Waals surface area (Å²) >= 11 is 0. The molecule has 0 saturated heterocycles. The molecule has 0 atom stereocenters. The molecule has 0 fully saturated rings. The van der Waals surface area contributed by atoms with Crippen LogP contribution in [0.15, 0.2) is 54.6 Å². The third-order valence-corrected chi connectivity index (χ3v) is 3.87. The van der Waals surface area contributed by atoms with E-state index in [0.717, 1.165) is 22.3 Å². The lowest BCUT2D eigenvalue weighted by Crippen LogP contribution is -2.02. The van der Waals surface area contributed by atoms with Crippen LogP contribution >= 0.6 is 0 Å². The van der Waals surface area contributed by atoms with Gasteiger partial charge in [0, 0.05) is 28.8 Å². The highest BCUT2D eigenvalue weighted by Gasteiger charge is 2.12. The summed E-state index contributed by atoms with van der Waals surface area (Å²) in [5.41, 5.74) is 8.28. The van der Waals surface area contributed by atoms with Gasteiger partial charge in [0.1, 0.15) is 5.82 Å². The molecule has 0 unspecified atom stereocenters. The Bertz CT molecular complexity index is 1060. The molecule has 0 radical (unpaired) electrons. The number of aliphatic carboxylic acids is 2. The zero-order valence-corrected chi connectivity index (χ0v) is 15.8. The topological polar surface area (TPSA) is 126 Å². The first-order chi connectivity index (χ1) is 13.7. The first-order valence-electron chi connectivity index (χ1n) is 8.65. The molecule has 0 saturated carbocycles. The quantitative estimate of drug-likeness (QED) is 0.571. The van der Waals surface area contributed by atoms with Gasteiger partial charge in [0.15, 0.2) is 0 Å². The summed E-state index contributed by atoms with van der Waals surface area (Å²) in [7, 11) is 0. The number of carboxylic acid groups (broad SMARTS) is 2. The van der Waals surface area contributed by atoms with Crippen LogP contribution < -0.4 is 5.73 Å². The van der Waals surface area contributed by atoms with Crippen LogP contribution in [0, 0.1) is 5.82 Å². The highest BCUT2D eigenvalue weighted by Crippen LogP contribution is 2.30. The molecule has 0 bridgehead atoms. The smallest absolute Gasteiger partial charge is 0.328 e. The van der Waals surface area contributed by atoms with Gasteiger partial charge in [-0.3, -0.25) is 0 Å². The third kappa shape index (κ3) is 5.83. The van der Waals surface area contributed by atoms with Crippen molar-refractivity contribution in [2.45, 2.75) is 19.8 Å². The highest BCUT2D eigenvalue weighted by molar-refractivity contribution is 5.96. The second kappa shape index (κ2) is 9.41. The average molecular weight is 397 g/mol. The van der Waals surface area contributed by atoms with Gasteiger partial charge in [0.25, 0.3) is 0 Å². The Balaban J connectivity index is 0.000000321. The predicted molar refractivity (Wildman–Crippen MR) is 108 cm³/mol. The SMILES string of the molecule is CC(C)c1cc(-c2ccc(F)c3ccccc23)nc(N)n1.O=C(O)/C=C\C(=O)O. The van der Waals surface area contributed by atoms with Crippen molar-refractivity contribution in [3.63, 3.8) is 0 Å². The molecule has 1 aromatic heterocycles. The maximum absolute atomic E-state index is 13.9. The Kier molecular flexibility index (Phi) is 6.97. The molecule has 0 spiro atoms. The number of hydrogen-bond acceptors (Lipinski definition) is 5. The lowest BCUT2D eigenvalue weighted by atomic mass is 10.00. The lowest BCUT2D eigenvalue weighted by Gasteiger charge is -2.11. The highest BCUT2D eigenvalue weighted by atomic mass is 19.1. The molecule has 0 aliphatic carbocycles. The van der Waals surface area contributed by atoms with Gasteiger partial charge in [0.05, 0.1) is 5.69 Å². The van der Waals surface area contributed by atoms with E-state index in [2.05, 4.69) is 9.97 Å². The van der Waals surface area contributed by atoms with Crippen LogP contribution in [0.2, 0.25) is 0 Å². The van der Waals surface area contributed by atoms with E-state index in [-0.39, 0.29) is 17.7 Å². The van der Waals surface area contributed by atoms with Crippen LogP contribution in [0.4, 0.5) is 10.3 Å². The van der Waals surface area contributed by atoms with Crippen molar-refractivity contribution in [1.82, 2.24) is 9.97 Å². The largest absolute Gasteiger partial charge is 0.478 e. The molecule has 2 aromatic carbocycles. The number of nitrogens with two attached hydrogens (primary N) is 1. The Hall–Kier alpha value is -3.81. The molecular weight excluding hydrogens is 377 g/mol. The Labute approximate surface area is 166 Å². The summed E-state index contributed by atoms with van der Waals surface area (Å²) in [5.74, 6) is -2.26. The van der Waals surface area contributed by atoms with Crippen LogP contribution in [0.25, 0.3) is 22.0 Å². The first kappa shape index (κ1) is 21.5. The number of benzene rings is 2. The molecular formula is C21H20FN3O4. The Morgan fingerprint density at radius 1 is 1.00 bits per heavy atom. The molecule has 150 valence electrons. The van der Waals surface area contributed by atoms with E-state index >= 15 is 0 Å². The van der Waals surface area contributed by atoms with Crippen molar-refractivity contribution >= 4 is 28.7 Å². The van der Waals surface area contributed by atoms with Gasteiger partial charge in [-0.25, -0.2) is 23.9 Å². The molecule has 3 rings (SSSR count). The fourth-order valence-corrected chi connectivity index (χ4v) is 2.55. The second-order valence-corrected chi connectivity index (χ2v) is 6.34. The van der Waals surface area contributed by atoms with Gasteiger partial charge in [0.2, 0.25) is 5.95 Å². The number of hydrogen-bond donors (Lipinski definition) is 3. The number of nitrogen functional groups attached to an aromatic ring is 1. The van der Waals surface area contributed by atoms with Crippen LogP contribution in [0.1, 0.15) is 25.5 Å². The lowest BCUT2D eigenvalue weighted by molar-refractivity contribution is -0.134. The van der Waals surface area contributed by atoms with Crippen LogP contribution in [-0.4, -0.2) is 32.1 Å². The molecule has 29 heavy (non-hydrogen) atoms. The van der Waals surface area contributed by atoms with E-state index < -0.39 is 11.9 Å². The minimum Gasteiger partial charge on any atom is -0.478 e. The number of anilines is 1. The molecule has 0 aliphatic rings. The number of carboxylic acids is 2. The summed E-state index contributed by atoms with van der Waals surface area (Å²) < 4.78 is 13.9. The van der Waals surface area contributed by atoms with Crippen molar-refractivity contribution in [3.8, 4) is 11.3 Å². The minimum atomic E-state index is -1.26. The number of nitrogens with zero attached hydrogens (tertiary/aromatic N) is 2. The van der Waals surface area contributed by atoms with Crippen molar-refractivity contribution < 1.29 is 24.2 Å². The van der Waals surface area contributed by atoms with E-state index in [0.29, 0.717) is 17.5 Å². The molecule has 4 N–H and O–H groups in total. The summed E-state index contributed by atoms with van der Waals surface area (Å²) in [4.78, 5) is 27.7. The Morgan fingerprint density at radius 3 is 2.14 bits per heavy atom. The van der Waals surface area contributed by atoms with Gasteiger partial charge >= 0.3 is 11.9 Å². The van der Waals surface area contributed by atoms with E-state index in [9.17, 15) is 14.0 Å². The second-order valence-electron chi connectivity index (χ2n) is 6.34. The summed E-state index contributed by atoms with van der Waals surface area (Å²) in [6, 6.07) is 12.5. The van der Waals surface area contributed by atoms with Gasteiger partial charge in [-0.05, 0) is 29.5 Å². The Morgan fingerprint density at radius 2 is 1.59 bits per heavy atom. The third-order valence-electron chi connectivity index (χ3n) is 3.87. The molecule has 3 aromatic rings. The number of carbonyl (C=O) groups is 2. The monoisotopic (exact) mass is 397 g/mol. The maximum atomic E-state index is 13.9. The zero-order chi connectivity index (χ0) is 21.6. The van der Waals surface area contributed by atoms with E-state index in [4.69, 9.17) is 15.9 Å². The van der Waals surface area contributed by atoms with E-state index in [1.165, 1.54) is 6.07 Å². The van der Waals surface area contributed by atoms with Gasteiger partial charge in [-0.1, -0.05) is 38.1 Å². The molecule has 0 amide bonds. The number of rotatable bonds is 4. The average Bonchev–Trinajstić information content (AvgIpc) is 2.67. The molecule has 7 nitrogen and oxygen atoms in total. The van der Waals surface area contributed by atoms with E-state index in [1.54, 1.807) is 12.1 Å². The van der Waals surface area contributed by atoms with Crippen LogP contribution in [-0.2, 0) is 9.59 Å². The molecule has 0 aliphatic heterocycles. The van der Waals surface area contributed by atoms with Gasteiger partial charge < -0.3 is 15.9 Å². The van der Waals surface area contributed by atoms with Crippen molar-refractivity contribution in [1.29, 1.82) is 0 Å². The van der Waals surface area contributed by atoms with Gasteiger partial charge in [-0.2, -0.15) is 0 Å². The summed E-state index contributed by atoms with van der Waals surface area (Å²) in [5, 5.41) is 17.0. The standard InChI is InChI=1S/C17H16FN3.C4H4O4/c1-10(2)15-9-16(21-17(19)20-15)13-7-8-14(18)12-6-4-3-5-11(12)13;5-3(6)1-2-4(7)8/h3-10H,1-2H3,(H2,19,20,21);1-2H,(H,5,6)(H,7,8)/b;2-1-. The molecule has 8 heteroatoms. The van der Waals surface area contributed by atoms with Crippen molar-refractivity contribution in [3.05, 3.63) is 66.1 Å². The number of aromatic nitrogens is 2. The first-order valence-corrected chi connectivity index (χ1v) is 8.65. The normalized spacial score (nSPS) is 10.8. The van der Waals surface area contributed by atoms with Crippen molar-refractivity contribution in [2.24, 2.45) is 0 Å². The summed E-state index contributed by atoms with van der Waals surface area (Å²) in [6.45, 7) is 4.10. The zero-order valence-electron chi connectivity index (χ0n) is 15.8. The molecule has 1 heterocycles. The number of halogens is 1. The van der Waals surface area contributed by atoms with Gasteiger partial charge in [-0.15, -0.1) is 0 Å². The maximum Gasteiger partial charge on any atom is 0.328 e. The fourth-order valence-electron chi connectivity index (χ4n) is 2.55. The van der Waals surface area contributed by atoms with Crippen LogP contribution in [0.3, 0.4) is 0 Å². The summed E-state index contributed by atoms with van der Waals surface area (Å²) in [6.07, 6.45) is 1.12. The minimum absolute atomic E-state index is 0.236. The van der Waals surface area contributed by atoms with E-state index in [1.807, 2.05) is 38.1 Å².